The first-order valence-corrected chi connectivity index (χ1v) is 4.38. The molecular formula is C11H8F3N. The van der Waals surface area contributed by atoms with E-state index in [1.165, 1.54) is 12.1 Å². The van der Waals surface area contributed by atoms with Crippen molar-refractivity contribution in [3.63, 3.8) is 0 Å². The smallest absolute Gasteiger partial charge is 0.367 e. The predicted octanol–water partition coefficient (Wildman–Crippen LogP) is 3.70. The first kappa shape index (κ1) is 9.83. The molecule has 4 heteroatoms. The molecule has 2 aromatic rings. The number of aromatic nitrogens is 1. The maximum Gasteiger partial charge on any atom is 0.416 e. The third-order valence-corrected chi connectivity index (χ3v) is 2.14. The van der Waals surface area contributed by atoms with Crippen molar-refractivity contribution in [1.82, 2.24) is 4.98 Å². The summed E-state index contributed by atoms with van der Waals surface area (Å²) in [6.07, 6.45) is -0.799. The van der Waals surface area contributed by atoms with Crippen molar-refractivity contribution in [3.05, 3.63) is 48.3 Å². The van der Waals surface area contributed by atoms with Crippen molar-refractivity contribution in [2.45, 2.75) is 6.18 Å². The molecule has 1 heterocycles. The summed E-state index contributed by atoms with van der Waals surface area (Å²) < 4.78 is 36.8. The fourth-order valence-corrected chi connectivity index (χ4v) is 1.36. The Morgan fingerprint density at radius 1 is 0.867 bits per heavy atom. The predicted molar refractivity (Wildman–Crippen MR) is 51.2 cm³/mol. The lowest BCUT2D eigenvalue weighted by Gasteiger charge is -2.06. The molecule has 0 aliphatic carbocycles. The van der Waals surface area contributed by atoms with Gasteiger partial charge in [0.1, 0.15) is 0 Å². The molecule has 0 atom stereocenters. The van der Waals surface area contributed by atoms with E-state index >= 15 is 0 Å². The van der Waals surface area contributed by atoms with Gasteiger partial charge in [-0.25, -0.2) is 0 Å². The molecule has 2 rings (SSSR count). The van der Waals surface area contributed by atoms with Gasteiger partial charge in [0.2, 0.25) is 0 Å². The Balaban J connectivity index is 2.33. The van der Waals surface area contributed by atoms with Crippen LogP contribution in [0.4, 0.5) is 13.2 Å². The van der Waals surface area contributed by atoms with Crippen LogP contribution >= 0.6 is 0 Å². The number of alkyl halides is 3. The second-order valence-electron chi connectivity index (χ2n) is 3.17. The normalized spacial score (nSPS) is 11.7. The summed E-state index contributed by atoms with van der Waals surface area (Å²) in [7, 11) is 0. The first-order chi connectivity index (χ1) is 7.07. The maximum atomic E-state index is 12.3. The van der Waals surface area contributed by atoms with Gasteiger partial charge < -0.3 is 4.98 Å². The Hall–Kier alpha value is -1.71. The summed E-state index contributed by atoms with van der Waals surface area (Å²) in [6, 6.07) is 6.91. The van der Waals surface area contributed by atoms with Gasteiger partial charge >= 0.3 is 6.18 Å². The average Bonchev–Trinajstić information content (AvgIpc) is 2.69. The van der Waals surface area contributed by atoms with Crippen LogP contribution in [0.5, 0.6) is 0 Å². The van der Waals surface area contributed by atoms with Gasteiger partial charge in [0.15, 0.2) is 0 Å². The standard InChI is InChI=1S/C11H8F3N/c12-11(13,14)10-3-1-8(2-4-10)9-5-6-15-7-9/h1-7,15H. The van der Waals surface area contributed by atoms with Gasteiger partial charge in [0.05, 0.1) is 5.56 Å². The Bertz CT molecular complexity index is 426. The second kappa shape index (κ2) is 3.46. The van der Waals surface area contributed by atoms with Crippen LogP contribution in [0.3, 0.4) is 0 Å². The Morgan fingerprint density at radius 2 is 1.53 bits per heavy atom. The molecule has 1 aromatic heterocycles. The Kier molecular flexibility index (Phi) is 2.26. The number of rotatable bonds is 1. The fraction of sp³-hybridized carbons (Fsp3) is 0.0909. The Labute approximate surface area is 84.6 Å². The molecule has 1 aromatic carbocycles. The van der Waals surface area contributed by atoms with Crippen LogP contribution in [-0.4, -0.2) is 4.98 Å². The summed E-state index contributed by atoms with van der Waals surface area (Å²) in [4.78, 5) is 2.85. The zero-order valence-electron chi connectivity index (χ0n) is 7.68. The van der Waals surface area contributed by atoms with E-state index in [2.05, 4.69) is 4.98 Å². The highest BCUT2D eigenvalue weighted by Gasteiger charge is 2.29. The highest BCUT2D eigenvalue weighted by molar-refractivity contribution is 5.62. The van der Waals surface area contributed by atoms with Crippen molar-refractivity contribution in [2.24, 2.45) is 0 Å². The molecule has 0 saturated carbocycles. The lowest BCUT2D eigenvalue weighted by atomic mass is 10.1. The summed E-state index contributed by atoms with van der Waals surface area (Å²) >= 11 is 0. The molecule has 0 spiro atoms. The third kappa shape index (κ3) is 2.03. The van der Waals surface area contributed by atoms with Gasteiger partial charge in [-0.1, -0.05) is 12.1 Å². The number of hydrogen-bond acceptors (Lipinski definition) is 0. The van der Waals surface area contributed by atoms with Gasteiger partial charge in [0.25, 0.3) is 0 Å². The maximum absolute atomic E-state index is 12.3. The molecule has 0 fully saturated rings. The topological polar surface area (TPSA) is 15.8 Å². The highest BCUT2D eigenvalue weighted by Crippen LogP contribution is 2.30. The molecular weight excluding hydrogens is 203 g/mol. The van der Waals surface area contributed by atoms with Crippen molar-refractivity contribution in [2.75, 3.05) is 0 Å². The van der Waals surface area contributed by atoms with E-state index in [0.717, 1.165) is 23.3 Å². The van der Waals surface area contributed by atoms with Crippen LogP contribution in [0.1, 0.15) is 5.56 Å². The van der Waals surface area contributed by atoms with Crippen LogP contribution in [0, 0.1) is 0 Å². The minimum atomic E-state index is -4.27. The van der Waals surface area contributed by atoms with E-state index in [1.807, 2.05) is 6.07 Å². The largest absolute Gasteiger partial charge is 0.416 e. The molecule has 0 aliphatic rings. The second-order valence-corrected chi connectivity index (χ2v) is 3.17. The number of nitrogens with one attached hydrogen (secondary N) is 1. The Morgan fingerprint density at radius 3 is 2.00 bits per heavy atom. The molecule has 0 radical (unpaired) electrons. The number of aromatic amines is 1. The van der Waals surface area contributed by atoms with Gasteiger partial charge in [-0.15, -0.1) is 0 Å². The lowest BCUT2D eigenvalue weighted by Crippen LogP contribution is -2.03. The number of benzene rings is 1. The summed E-state index contributed by atoms with van der Waals surface area (Å²) in [6.45, 7) is 0. The van der Waals surface area contributed by atoms with Gasteiger partial charge in [-0.3, -0.25) is 0 Å². The summed E-state index contributed by atoms with van der Waals surface area (Å²) in [5.41, 5.74) is 1.02. The van der Waals surface area contributed by atoms with Crippen molar-refractivity contribution < 1.29 is 13.2 Å². The summed E-state index contributed by atoms with van der Waals surface area (Å²) in [5, 5.41) is 0. The van der Waals surface area contributed by atoms with Crippen LogP contribution in [0.2, 0.25) is 0 Å². The minimum absolute atomic E-state index is 0.623. The van der Waals surface area contributed by atoms with Crippen LogP contribution in [-0.2, 0) is 6.18 Å². The molecule has 15 heavy (non-hydrogen) atoms. The van der Waals surface area contributed by atoms with Crippen LogP contribution < -0.4 is 0 Å². The van der Waals surface area contributed by atoms with Crippen LogP contribution in [0.15, 0.2) is 42.7 Å². The SMILES string of the molecule is FC(F)(F)c1ccc(-c2cc[nH]c2)cc1. The zero-order chi connectivity index (χ0) is 10.9. The molecule has 0 saturated heterocycles. The molecule has 0 unspecified atom stereocenters. The van der Waals surface area contributed by atoms with E-state index in [4.69, 9.17) is 0 Å². The van der Waals surface area contributed by atoms with Crippen molar-refractivity contribution >= 4 is 0 Å². The summed E-state index contributed by atoms with van der Waals surface area (Å²) in [5.74, 6) is 0. The van der Waals surface area contributed by atoms with E-state index in [-0.39, 0.29) is 0 Å². The van der Waals surface area contributed by atoms with Gasteiger partial charge in [0, 0.05) is 12.4 Å². The highest BCUT2D eigenvalue weighted by atomic mass is 19.4. The third-order valence-electron chi connectivity index (χ3n) is 2.14. The molecule has 0 bridgehead atoms. The molecule has 0 aliphatic heterocycles. The molecule has 0 amide bonds. The zero-order valence-corrected chi connectivity index (χ0v) is 7.68. The molecule has 1 nitrogen and oxygen atoms in total. The van der Waals surface area contributed by atoms with E-state index in [9.17, 15) is 13.2 Å². The number of halogens is 3. The van der Waals surface area contributed by atoms with Crippen molar-refractivity contribution in [1.29, 1.82) is 0 Å². The van der Waals surface area contributed by atoms with Gasteiger partial charge in [-0.05, 0) is 29.3 Å². The van der Waals surface area contributed by atoms with E-state index < -0.39 is 11.7 Å². The average molecular weight is 211 g/mol. The van der Waals surface area contributed by atoms with E-state index in [0.29, 0.717) is 0 Å². The number of hydrogen-bond donors (Lipinski definition) is 1. The van der Waals surface area contributed by atoms with E-state index in [1.54, 1.807) is 12.4 Å². The quantitative estimate of drug-likeness (QED) is 0.740. The fourth-order valence-electron chi connectivity index (χ4n) is 1.36. The minimum Gasteiger partial charge on any atom is -0.367 e. The first-order valence-electron chi connectivity index (χ1n) is 4.38. The molecule has 1 N–H and O–H groups in total. The molecule has 78 valence electrons. The monoisotopic (exact) mass is 211 g/mol. The van der Waals surface area contributed by atoms with Crippen molar-refractivity contribution in [3.8, 4) is 11.1 Å². The number of H-pyrrole nitrogens is 1. The van der Waals surface area contributed by atoms with Crippen LogP contribution in [0.25, 0.3) is 11.1 Å². The van der Waals surface area contributed by atoms with Gasteiger partial charge in [-0.2, -0.15) is 13.2 Å². The lowest BCUT2D eigenvalue weighted by molar-refractivity contribution is -0.137.